The summed E-state index contributed by atoms with van der Waals surface area (Å²) in [7, 11) is 0. The number of nitrogens with zero attached hydrogens (tertiary/aromatic N) is 2. The number of rotatable bonds is 8. The first kappa shape index (κ1) is 27.4. The molecule has 4 aromatic rings. The number of amides is 1. The number of halogens is 3. The van der Waals surface area contributed by atoms with E-state index in [9.17, 15) is 33.0 Å². The highest BCUT2D eigenvalue weighted by molar-refractivity contribution is 6.55. The molecule has 3 N–H and O–H groups in total. The largest absolute Gasteiger partial charge is 0.505 e. The lowest BCUT2D eigenvalue weighted by Crippen LogP contribution is -2.26. The summed E-state index contributed by atoms with van der Waals surface area (Å²) in [4.78, 5) is 26.4. The van der Waals surface area contributed by atoms with E-state index in [0.717, 1.165) is 5.56 Å². The van der Waals surface area contributed by atoms with Crippen LogP contribution in [0.5, 0.6) is 5.75 Å². The Morgan fingerprint density at radius 1 is 0.902 bits per heavy atom. The van der Waals surface area contributed by atoms with Crippen LogP contribution in [0.25, 0.3) is 11.1 Å². The Bertz CT molecular complexity index is 1650. The summed E-state index contributed by atoms with van der Waals surface area (Å²) >= 11 is 0. The summed E-state index contributed by atoms with van der Waals surface area (Å²) < 4.78 is 37.5. The molecular weight excluding hydrogens is 535 g/mol. The number of fused-ring (bicyclic) bond motifs is 1. The number of anilines is 3. The van der Waals surface area contributed by atoms with Gasteiger partial charge in [-0.2, -0.15) is 18.3 Å². The van der Waals surface area contributed by atoms with Gasteiger partial charge in [0.05, 0.1) is 16.9 Å². The Morgan fingerprint density at radius 2 is 1.61 bits per heavy atom. The summed E-state index contributed by atoms with van der Waals surface area (Å²) in [5.41, 5.74) is 6.46. The summed E-state index contributed by atoms with van der Waals surface area (Å²) in [6, 6.07) is 24.9. The van der Waals surface area contributed by atoms with Crippen LogP contribution in [0.2, 0.25) is 0 Å². The number of nitrogens with one attached hydrogen (secondary N) is 1. The van der Waals surface area contributed by atoms with E-state index in [4.69, 9.17) is 0 Å². The Morgan fingerprint density at radius 3 is 2.34 bits per heavy atom. The van der Waals surface area contributed by atoms with E-state index in [2.05, 4.69) is 10.5 Å². The third-order valence-electron chi connectivity index (χ3n) is 6.67. The maximum Gasteiger partial charge on any atom is 0.389 e. The number of para-hydroxylation sites is 2. The van der Waals surface area contributed by atoms with Crippen molar-refractivity contribution in [2.24, 2.45) is 5.10 Å². The van der Waals surface area contributed by atoms with Crippen LogP contribution in [0.15, 0.2) is 96.1 Å². The molecule has 0 atom stereocenters. The second-order valence-electron chi connectivity index (χ2n) is 9.45. The number of benzene rings is 4. The number of phenols is 1. The molecule has 7 nitrogen and oxygen atoms in total. The molecule has 0 radical (unpaired) electrons. The van der Waals surface area contributed by atoms with E-state index in [1.807, 2.05) is 0 Å². The second kappa shape index (κ2) is 11.2. The normalized spacial score (nSPS) is 13.9. The molecule has 0 saturated carbocycles. The highest BCUT2D eigenvalue weighted by atomic mass is 19.4. The molecule has 0 saturated heterocycles. The molecule has 0 fully saturated rings. The van der Waals surface area contributed by atoms with Crippen LogP contribution >= 0.6 is 0 Å². The zero-order valence-corrected chi connectivity index (χ0v) is 21.5. The van der Waals surface area contributed by atoms with Crippen molar-refractivity contribution in [3.8, 4) is 16.9 Å². The number of aryl methyl sites for hydroxylation is 1. The van der Waals surface area contributed by atoms with E-state index in [0.29, 0.717) is 28.1 Å². The lowest BCUT2D eigenvalue weighted by molar-refractivity contribution is -0.135. The standard InChI is InChI=1S/C31H24F3N3O4/c32-31(33,34)17-5-6-19-13-15-22(16-14-19)37-26-12-2-1-9-24(26)27(29(37)39)36-35-25-11-4-10-23(28(25)38)20-7-3-8-21(18-20)30(40)41/h1-4,7-16,18,35,38H,5-6,17H2,(H,40,41). The topological polar surface area (TPSA) is 102 Å². The molecule has 10 heteroatoms. The zero-order chi connectivity index (χ0) is 29.1. The minimum Gasteiger partial charge on any atom is -0.505 e. The van der Waals surface area contributed by atoms with Crippen LogP contribution in [0, 0.1) is 0 Å². The van der Waals surface area contributed by atoms with Gasteiger partial charge in [0.15, 0.2) is 5.71 Å². The fourth-order valence-corrected chi connectivity index (χ4v) is 4.67. The molecule has 0 bridgehead atoms. The van der Waals surface area contributed by atoms with Gasteiger partial charge in [-0.25, -0.2) is 4.79 Å². The van der Waals surface area contributed by atoms with Crippen molar-refractivity contribution in [2.45, 2.75) is 25.4 Å². The lowest BCUT2D eigenvalue weighted by Gasteiger charge is -2.17. The number of carbonyl (C=O) groups excluding carboxylic acids is 1. The number of carbonyl (C=O) groups is 2. The molecule has 0 aromatic heterocycles. The predicted molar refractivity (Wildman–Crippen MR) is 150 cm³/mol. The van der Waals surface area contributed by atoms with Gasteiger partial charge in [0, 0.05) is 23.2 Å². The van der Waals surface area contributed by atoms with Crippen molar-refractivity contribution in [3.05, 3.63) is 108 Å². The van der Waals surface area contributed by atoms with Crippen molar-refractivity contribution in [1.29, 1.82) is 0 Å². The van der Waals surface area contributed by atoms with E-state index in [1.54, 1.807) is 78.9 Å². The molecule has 4 aromatic carbocycles. The van der Waals surface area contributed by atoms with Crippen LogP contribution < -0.4 is 10.3 Å². The van der Waals surface area contributed by atoms with Crippen LogP contribution in [-0.2, 0) is 11.2 Å². The van der Waals surface area contributed by atoms with Crippen molar-refractivity contribution >= 4 is 34.7 Å². The number of hydrogen-bond donors (Lipinski definition) is 3. The Kier molecular flexibility index (Phi) is 7.47. The molecule has 208 valence electrons. The molecule has 0 spiro atoms. The molecule has 0 unspecified atom stereocenters. The number of hydrazone groups is 1. The fourth-order valence-electron chi connectivity index (χ4n) is 4.67. The lowest BCUT2D eigenvalue weighted by atomic mass is 10.0. The zero-order valence-electron chi connectivity index (χ0n) is 21.5. The van der Waals surface area contributed by atoms with Crippen LogP contribution in [0.4, 0.5) is 30.2 Å². The minimum atomic E-state index is -4.20. The Labute approximate surface area is 233 Å². The predicted octanol–water partition coefficient (Wildman–Crippen LogP) is 7.14. The van der Waals surface area contributed by atoms with Gasteiger partial charge in [-0.05, 0) is 60.4 Å². The minimum absolute atomic E-state index is 0.0180. The number of aromatic hydroxyl groups is 1. The molecule has 0 aliphatic carbocycles. The third kappa shape index (κ3) is 5.91. The van der Waals surface area contributed by atoms with Gasteiger partial charge in [-0.1, -0.05) is 54.6 Å². The highest BCUT2D eigenvalue weighted by Gasteiger charge is 2.35. The summed E-state index contributed by atoms with van der Waals surface area (Å²) in [5, 5.41) is 24.6. The summed E-state index contributed by atoms with van der Waals surface area (Å²) in [6.07, 6.45) is -4.80. The van der Waals surface area contributed by atoms with E-state index in [1.165, 1.54) is 17.0 Å². The van der Waals surface area contributed by atoms with Gasteiger partial charge in [-0.15, -0.1) is 0 Å². The van der Waals surface area contributed by atoms with Crippen molar-refractivity contribution < 1.29 is 33.0 Å². The molecule has 1 aliphatic rings. The first-order valence-electron chi connectivity index (χ1n) is 12.7. The van der Waals surface area contributed by atoms with E-state index >= 15 is 0 Å². The molecular formula is C31H24F3N3O4. The maximum absolute atomic E-state index is 13.5. The van der Waals surface area contributed by atoms with Crippen molar-refractivity contribution in [1.82, 2.24) is 0 Å². The SMILES string of the molecule is O=C(O)c1cccc(-c2cccc(NN=C3C(=O)N(c4ccc(CCCC(F)(F)F)cc4)c4ccccc43)c2O)c1. The van der Waals surface area contributed by atoms with Crippen LogP contribution in [0.1, 0.15) is 34.3 Å². The van der Waals surface area contributed by atoms with Gasteiger partial charge >= 0.3 is 12.1 Å². The van der Waals surface area contributed by atoms with Crippen LogP contribution in [0.3, 0.4) is 0 Å². The van der Waals surface area contributed by atoms with E-state index < -0.39 is 24.5 Å². The number of carboxylic acids is 1. The van der Waals surface area contributed by atoms with Gasteiger partial charge in [0.2, 0.25) is 0 Å². The monoisotopic (exact) mass is 559 g/mol. The van der Waals surface area contributed by atoms with E-state index in [-0.39, 0.29) is 35.6 Å². The van der Waals surface area contributed by atoms with Gasteiger partial charge in [0.1, 0.15) is 5.75 Å². The molecule has 1 heterocycles. The summed E-state index contributed by atoms with van der Waals surface area (Å²) in [5.74, 6) is -1.68. The molecule has 41 heavy (non-hydrogen) atoms. The number of hydrogen-bond acceptors (Lipinski definition) is 5. The Balaban J connectivity index is 1.40. The first-order chi connectivity index (χ1) is 19.6. The summed E-state index contributed by atoms with van der Waals surface area (Å²) in [6.45, 7) is 0. The molecule has 1 amide bonds. The van der Waals surface area contributed by atoms with Gasteiger partial charge in [-0.3, -0.25) is 15.1 Å². The van der Waals surface area contributed by atoms with Crippen molar-refractivity contribution in [3.63, 3.8) is 0 Å². The Hall–Kier alpha value is -5.12. The average Bonchev–Trinajstić information content (AvgIpc) is 3.23. The molecule has 1 aliphatic heterocycles. The number of carboxylic acid groups (broad SMARTS) is 1. The first-order valence-corrected chi connectivity index (χ1v) is 12.7. The third-order valence-corrected chi connectivity index (χ3v) is 6.67. The fraction of sp³-hybridized carbons (Fsp3) is 0.129. The highest BCUT2D eigenvalue weighted by Crippen LogP contribution is 2.38. The number of phenolic OH excluding ortho intramolecular Hbond substituents is 1. The quantitative estimate of drug-likeness (QED) is 0.157. The van der Waals surface area contributed by atoms with Gasteiger partial charge in [0.25, 0.3) is 5.91 Å². The number of aromatic carboxylic acids is 1. The number of alkyl halides is 3. The van der Waals surface area contributed by atoms with Crippen LogP contribution in [-0.4, -0.2) is 34.0 Å². The van der Waals surface area contributed by atoms with Crippen molar-refractivity contribution in [2.75, 3.05) is 10.3 Å². The average molecular weight is 560 g/mol. The molecule has 5 rings (SSSR count). The second-order valence-corrected chi connectivity index (χ2v) is 9.45. The van der Waals surface area contributed by atoms with Gasteiger partial charge < -0.3 is 10.2 Å². The maximum atomic E-state index is 13.5. The smallest absolute Gasteiger partial charge is 0.389 e.